The summed E-state index contributed by atoms with van der Waals surface area (Å²) in [7, 11) is 3.38. The van der Waals surface area contributed by atoms with E-state index in [4.69, 9.17) is 32.7 Å². The molecule has 0 aromatic heterocycles. The summed E-state index contributed by atoms with van der Waals surface area (Å²) in [5, 5.41) is 1.20. The van der Waals surface area contributed by atoms with Crippen LogP contribution in [0.3, 0.4) is 0 Å². The summed E-state index contributed by atoms with van der Waals surface area (Å²) < 4.78 is 10.7. The lowest BCUT2D eigenvalue weighted by Gasteiger charge is -2.18. The van der Waals surface area contributed by atoms with Crippen LogP contribution in [0.15, 0.2) is 12.1 Å². The van der Waals surface area contributed by atoms with E-state index in [9.17, 15) is 0 Å². The molecule has 0 saturated carbocycles. The first kappa shape index (κ1) is 13.9. The van der Waals surface area contributed by atoms with E-state index >= 15 is 0 Å². The lowest BCUT2D eigenvalue weighted by atomic mass is 10.2. The van der Waals surface area contributed by atoms with Crippen molar-refractivity contribution >= 4 is 23.2 Å². The molecule has 5 heteroatoms. The number of rotatable bonds is 4. The highest BCUT2D eigenvalue weighted by Gasteiger charge is 2.23. The number of halogens is 2. The lowest BCUT2D eigenvalue weighted by Crippen LogP contribution is -2.22. The van der Waals surface area contributed by atoms with E-state index in [1.54, 1.807) is 20.3 Å². The predicted octanol–water partition coefficient (Wildman–Crippen LogP) is 3.22. The second-order valence-corrected chi connectivity index (χ2v) is 5.31. The summed E-state index contributed by atoms with van der Waals surface area (Å²) in [5.74, 6) is 0.710. The Labute approximate surface area is 118 Å². The van der Waals surface area contributed by atoms with Crippen molar-refractivity contribution in [3.8, 4) is 5.75 Å². The molecule has 3 nitrogen and oxygen atoms in total. The Morgan fingerprint density at radius 1 is 1.33 bits per heavy atom. The minimum atomic E-state index is 0.325. The van der Waals surface area contributed by atoms with Gasteiger partial charge in [-0.3, -0.25) is 4.90 Å². The first-order chi connectivity index (χ1) is 8.63. The van der Waals surface area contributed by atoms with Crippen LogP contribution in [0.1, 0.15) is 12.0 Å². The summed E-state index contributed by atoms with van der Waals surface area (Å²) in [6.07, 6.45) is 1.39. The third kappa shape index (κ3) is 3.09. The molecule has 1 saturated heterocycles. The molecular weight excluding hydrogens is 273 g/mol. The average Bonchev–Trinajstić information content (AvgIpc) is 2.76. The molecule has 18 heavy (non-hydrogen) atoms. The van der Waals surface area contributed by atoms with Gasteiger partial charge in [0.1, 0.15) is 5.75 Å². The monoisotopic (exact) mass is 289 g/mol. The van der Waals surface area contributed by atoms with Gasteiger partial charge in [-0.05, 0) is 18.6 Å². The van der Waals surface area contributed by atoms with Crippen LogP contribution in [0.5, 0.6) is 5.75 Å². The van der Waals surface area contributed by atoms with E-state index in [2.05, 4.69) is 4.90 Å². The maximum atomic E-state index is 6.12. The molecule has 0 unspecified atom stereocenters. The maximum Gasteiger partial charge on any atom is 0.142 e. The Morgan fingerprint density at radius 2 is 2.11 bits per heavy atom. The number of benzene rings is 1. The first-order valence-electron chi connectivity index (χ1n) is 5.91. The number of ether oxygens (including phenoxy) is 2. The minimum Gasteiger partial charge on any atom is -0.495 e. The van der Waals surface area contributed by atoms with Gasteiger partial charge < -0.3 is 9.47 Å². The van der Waals surface area contributed by atoms with Crippen molar-refractivity contribution in [1.29, 1.82) is 0 Å². The van der Waals surface area contributed by atoms with Crippen LogP contribution in [0.25, 0.3) is 0 Å². The normalized spacial score (nSPS) is 20.3. The molecule has 0 aliphatic carbocycles. The molecule has 1 fully saturated rings. The zero-order valence-electron chi connectivity index (χ0n) is 10.6. The average molecular weight is 290 g/mol. The zero-order valence-corrected chi connectivity index (χ0v) is 12.1. The van der Waals surface area contributed by atoms with Gasteiger partial charge in [0, 0.05) is 37.3 Å². The topological polar surface area (TPSA) is 21.7 Å². The number of likely N-dealkylation sites (tertiary alicyclic amines) is 1. The van der Waals surface area contributed by atoms with E-state index < -0.39 is 0 Å². The predicted molar refractivity (Wildman–Crippen MR) is 73.7 cm³/mol. The van der Waals surface area contributed by atoms with Gasteiger partial charge in [-0.2, -0.15) is 0 Å². The van der Waals surface area contributed by atoms with Crippen molar-refractivity contribution in [2.45, 2.75) is 19.1 Å². The molecule has 0 amide bonds. The molecule has 0 spiro atoms. The molecule has 1 heterocycles. The molecule has 1 atom stereocenters. The van der Waals surface area contributed by atoms with Crippen molar-refractivity contribution in [2.75, 3.05) is 27.3 Å². The number of methoxy groups -OCH3 is 2. The zero-order chi connectivity index (χ0) is 13.1. The molecule has 0 radical (unpaired) electrons. The molecule has 0 N–H and O–H groups in total. The standard InChI is InChI=1S/C13H17Cl2NO2/c1-17-11-3-4-16(8-11)7-9-5-10(14)6-12(15)13(9)18-2/h5-6,11H,3-4,7-8H2,1-2H3/t11-/m0/s1. The first-order valence-corrected chi connectivity index (χ1v) is 6.66. The largest absolute Gasteiger partial charge is 0.495 e. The fraction of sp³-hybridized carbons (Fsp3) is 0.538. The van der Waals surface area contributed by atoms with E-state index in [1.807, 2.05) is 6.07 Å². The highest BCUT2D eigenvalue weighted by molar-refractivity contribution is 6.35. The quantitative estimate of drug-likeness (QED) is 0.850. The summed E-state index contributed by atoms with van der Waals surface area (Å²) in [5.41, 5.74) is 1.02. The summed E-state index contributed by atoms with van der Waals surface area (Å²) in [6.45, 7) is 2.74. The Kier molecular flexibility index (Phi) is 4.73. The number of hydrogen-bond acceptors (Lipinski definition) is 3. The highest BCUT2D eigenvalue weighted by atomic mass is 35.5. The molecule has 1 aliphatic rings. The van der Waals surface area contributed by atoms with E-state index in [1.165, 1.54) is 0 Å². The van der Waals surface area contributed by atoms with Crippen molar-refractivity contribution < 1.29 is 9.47 Å². The summed E-state index contributed by atoms with van der Waals surface area (Å²) in [4.78, 5) is 2.32. The van der Waals surface area contributed by atoms with Gasteiger partial charge in [-0.15, -0.1) is 0 Å². The second-order valence-electron chi connectivity index (χ2n) is 4.46. The Hall–Kier alpha value is -0.480. The van der Waals surface area contributed by atoms with Gasteiger partial charge in [0.05, 0.1) is 18.2 Å². The molecule has 1 aliphatic heterocycles. The van der Waals surface area contributed by atoms with Crippen LogP contribution in [-0.4, -0.2) is 38.3 Å². The van der Waals surface area contributed by atoms with Crippen LogP contribution in [0, 0.1) is 0 Å². The third-order valence-electron chi connectivity index (χ3n) is 3.25. The maximum absolute atomic E-state index is 6.12. The summed E-state index contributed by atoms with van der Waals surface area (Å²) >= 11 is 12.2. The van der Waals surface area contributed by atoms with Crippen molar-refractivity contribution in [1.82, 2.24) is 4.90 Å². The molecule has 1 aromatic carbocycles. The van der Waals surface area contributed by atoms with Gasteiger partial charge >= 0.3 is 0 Å². The van der Waals surface area contributed by atoms with Gasteiger partial charge in [0.15, 0.2) is 0 Å². The van der Waals surface area contributed by atoms with Crippen molar-refractivity contribution in [2.24, 2.45) is 0 Å². The fourth-order valence-corrected chi connectivity index (χ4v) is 2.95. The van der Waals surface area contributed by atoms with Crippen LogP contribution in [0.4, 0.5) is 0 Å². The Morgan fingerprint density at radius 3 is 2.72 bits per heavy atom. The number of hydrogen-bond donors (Lipinski definition) is 0. The minimum absolute atomic E-state index is 0.325. The van der Waals surface area contributed by atoms with Crippen LogP contribution in [-0.2, 0) is 11.3 Å². The summed E-state index contributed by atoms with van der Waals surface area (Å²) in [6, 6.07) is 3.61. The highest BCUT2D eigenvalue weighted by Crippen LogP contribution is 2.33. The lowest BCUT2D eigenvalue weighted by molar-refractivity contribution is 0.107. The molecule has 100 valence electrons. The van der Waals surface area contributed by atoms with Crippen LogP contribution >= 0.6 is 23.2 Å². The molecule has 1 aromatic rings. The van der Waals surface area contributed by atoms with Crippen molar-refractivity contribution in [3.63, 3.8) is 0 Å². The van der Waals surface area contributed by atoms with E-state index in [-0.39, 0.29) is 0 Å². The molecule has 2 rings (SSSR count). The fourth-order valence-electron chi connectivity index (χ4n) is 2.33. The Balaban J connectivity index is 2.13. The van der Waals surface area contributed by atoms with Crippen LogP contribution in [0.2, 0.25) is 10.0 Å². The van der Waals surface area contributed by atoms with Gasteiger partial charge in [0.25, 0.3) is 0 Å². The van der Waals surface area contributed by atoms with E-state index in [0.717, 1.165) is 31.6 Å². The second kappa shape index (κ2) is 6.11. The third-order valence-corrected chi connectivity index (χ3v) is 3.74. The van der Waals surface area contributed by atoms with Crippen LogP contribution < -0.4 is 4.74 Å². The van der Waals surface area contributed by atoms with E-state index in [0.29, 0.717) is 21.9 Å². The van der Waals surface area contributed by atoms with Crippen molar-refractivity contribution in [3.05, 3.63) is 27.7 Å². The smallest absolute Gasteiger partial charge is 0.142 e. The number of nitrogens with zero attached hydrogens (tertiary/aromatic N) is 1. The Bertz CT molecular complexity index is 426. The molecule has 0 bridgehead atoms. The van der Waals surface area contributed by atoms with Gasteiger partial charge in [0.2, 0.25) is 0 Å². The van der Waals surface area contributed by atoms with Gasteiger partial charge in [-0.1, -0.05) is 23.2 Å². The molecular formula is C13H17Cl2NO2. The van der Waals surface area contributed by atoms with Gasteiger partial charge in [-0.25, -0.2) is 0 Å². The SMILES string of the molecule is COc1c(Cl)cc(Cl)cc1CN1CC[C@H](OC)C1.